The molecule has 1 unspecified atom stereocenters. The van der Waals surface area contributed by atoms with Gasteiger partial charge in [0.2, 0.25) is 0 Å². The summed E-state index contributed by atoms with van der Waals surface area (Å²) in [6, 6.07) is 0.321. The van der Waals surface area contributed by atoms with E-state index in [0.717, 1.165) is 12.3 Å². The van der Waals surface area contributed by atoms with Crippen LogP contribution in [0.4, 0.5) is 0 Å². The standard InChI is InChI=1S/C15H31N3O2/c1-12(2)5-4-6-13(3)18-14(16)17-11-15(19)7-9-20-10-8-15/h12-13,19H,4-11H2,1-3H3,(H3,16,17,18). The molecule has 0 aliphatic carbocycles. The predicted octanol–water partition coefficient (Wildman–Crippen LogP) is 1.65. The maximum Gasteiger partial charge on any atom is 0.188 e. The quantitative estimate of drug-likeness (QED) is 0.491. The van der Waals surface area contributed by atoms with Crippen molar-refractivity contribution in [2.45, 2.75) is 64.5 Å². The van der Waals surface area contributed by atoms with Crippen molar-refractivity contribution in [1.82, 2.24) is 5.32 Å². The highest BCUT2D eigenvalue weighted by atomic mass is 16.5. The van der Waals surface area contributed by atoms with Gasteiger partial charge in [-0.3, -0.25) is 4.99 Å². The smallest absolute Gasteiger partial charge is 0.188 e. The molecule has 1 heterocycles. The van der Waals surface area contributed by atoms with Gasteiger partial charge in [-0.15, -0.1) is 0 Å². The van der Waals surface area contributed by atoms with Gasteiger partial charge in [0.15, 0.2) is 5.96 Å². The van der Waals surface area contributed by atoms with E-state index in [4.69, 9.17) is 10.5 Å². The Morgan fingerprint density at radius 2 is 1.95 bits per heavy atom. The SMILES string of the molecule is CC(C)CCCC(C)NC(N)=NCC1(O)CCOCC1. The minimum Gasteiger partial charge on any atom is -0.388 e. The lowest BCUT2D eigenvalue weighted by atomic mass is 9.95. The van der Waals surface area contributed by atoms with Crippen LogP contribution >= 0.6 is 0 Å². The lowest BCUT2D eigenvalue weighted by molar-refractivity contribution is -0.0565. The van der Waals surface area contributed by atoms with Crippen LogP contribution in [0.1, 0.15) is 52.9 Å². The second-order valence-corrected chi connectivity index (χ2v) is 6.41. The zero-order valence-corrected chi connectivity index (χ0v) is 13.2. The average Bonchev–Trinajstić information content (AvgIpc) is 2.37. The maximum atomic E-state index is 10.3. The molecule has 1 aliphatic heterocycles. The molecule has 0 aromatic heterocycles. The molecule has 1 atom stereocenters. The summed E-state index contributed by atoms with van der Waals surface area (Å²) in [4.78, 5) is 4.28. The van der Waals surface area contributed by atoms with Crippen LogP contribution in [0.3, 0.4) is 0 Å². The van der Waals surface area contributed by atoms with Gasteiger partial charge < -0.3 is 20.9 Å². The van der Waals surface area contributed by atoms with Crippen LogP contribution in [-0.2, 0) is 4.74 Å². The fourth-order valence-corrected chi connectivity index (χ4v) is 2.34. The third-order valence-electron chi connectivity index (χ3n) is 3.78. The summed E-state index contributed by atoms with van der Waals surface area (Å²) >= 11 is 0. The molecule has 118 valence electrons. The summed E-state index contributed by atoms with van der Waals surface area (Å²) < 4.78 is 5.24. The lowest BCUT2D eigenvalue weighted by Gasteiger charge is -2.30. The first kappa shape index (κ1) is 17.2. The van der Waals surface area contributed by atoms with Crippen LogP contribution in [0.2, 0.25) is 0 Å². The van der Waals surface area contributed by atoms with Crippen LogP contribution in [0.25, 0.3) is 0 Å². The average molecular weight is 285 g/mol. The van der Waals surface area contributed by atoms with Crippen molar-refractivity contribution in [3.05, 3.63) is 0 Å². The highest BCUT2D eigenvalue weighted by Gasteiger charge is 2.29. The fraction of sp³-hybridized carbons (Fsp3) is 0.933. The van der Waals surface area contributed by atoms with Crippen LogP contribution in [0.15, 0.2) is 4.99 Å². The molecule has 0 spiro atoms. The topological polar surface area (TPSA) is 79.9 Å². The van der Waals surface area contributed by atoms with E-state index in [1.54, 1.807) is 0 Å². The highest BCUT2D eigenvalue weighted by molar-refractivity contribution is 5.78. The number of nitrogens with one attached hydrogen (secondary N) is 1. The van der Waals surface area contributed by atoms with E-state index in [9.17, 15) is 5.11 Å². The zero-order valence-electron chi connectivity index (χ0n) is 13.2. The Morgan fingerprint density at radius 1 is 1.30 bits per heavy atom. The molecule has 0 aromatic carbocycles. The van der Waals surface area contributed by atoms with Gasteiger partial charge in [0, 0.05) is 32.1 Å². The number of nitrogens with zero attached hydrogens (tertiary/aromatic N) is 1. The van der Waals surface area contributed by atoms with Gasteiger partial charge >= 0.3 is 0 Å². The lowest BCUT2D eigenvalue weighted by Crippen LogP contribution is -2.42. The number of nitrogens with two attached hydrogens (primary N) is 1. The number of aliphatic hydroxyl groups is 1. The number of ether oxygens (including phenoxy) is 1. The molecule has 20 heavy (non-hydrogen) atoms. The fourth-order valence-electron chi connectivity index (χ4n) is 2.34. The van der Waals surface area contributed by atoms with Crippen molar-refractivity contribution in [2.75, 3.05) is 19.8 Å². The van der Waals surface area contributed by atoms with Crippen molar-refractivity contribution in [3.63, 3.8) is 0 Å². The summed E-state index contributed by atoms with van der Waals surface area (Å²) in [6.07, 6.45) is 4.79. The van der Waals surface area contributed by atoms with Gasteiger partial charge in [0.05, 0.1) is 12.1 Å². The molecule has 0 radical (unpaired) electrons. The van der Waals surface area contributed by atoms with Crippen LogP contribution in [0.5, 0.6) is 0 Å². The van der Waals surface area contributed by atoms with E-state index in [-0.39, 0.29) is 0 Å². The normalized spacial score (nSPS) is 20.9. The van der Waals surface area contributed by atoms with Crippen molar-refractivity contribution in [1.29, 1.82) is 0 Å². The Bertz CT molecular complexity index is 299. The molecule has 0 saturated carbocycles. The summed E-state index contributed by atoms with van der Waals surface area (Å²) in [6.45, 7) is 8.15. The molecule has 4 N–H and O–H groups in total. The molecule has 5 heteroatoms. The molecule has 1 fully saturated rings. The van der Waals surface area contributed by atoms with Gasteiger partial charge in [-0.05, 0) is 19.3 Å². The highest BCUT2D eigenvalue weighted by Crippen LogP contribution is 2.20. The van der Waals surface area contributed by atoms with E-state index >= 15 is 0 Å². The van der Waals surface area contributed by atoms with Gasteiger partial charge in [0.1, 0.15) is 0 Å². The number of hydrogen-bond donors (Lipinski definition) is 3. The van der Waals surface area contributed by atoms with Crippen LogP contribution < -0.4 is 11.1 Å². The van der Waals surface area contributed by atoms with Crippen LogP contribution in [0, 0.1) is 5.92 Å². The first-order chi connectivity index (χ1) is 9.41. The van der Waals surface area contributed by atoms with E-state index in [1.807, 2.05) is 0 Å². The third kappa shape index (κ3) is 7.10. The Morgan fingerprint density at radius 3 is 2.55 bits per heavy atom. The maximum absolute atomic E-state index is 10.3. The number of hydrogen-bond acceptors (Lipinski definition) is 3. The number of guanidine groups is 1. The molecule has 0 bridgehead atoms. The molecule has 1 rings (SSSR count). The van der Waals surface area contributed by atoms with Crippen molar-refractivity contribution in [2.24, 2.45) is 16.6 Å². The van der Waals surface area contributed by atoms with E-state index in [1.165, 1.54) is 12.8 Å². The van der Waals surface area contributed by atoms with Gasteiger partial charge in [-0.1, -0.05) is 26.7 Å². The van der Waals surface area contributed by atoms with Gasteiger partial charge in [-0.25, -0.2) is 0 Å². The predicted molar refractivity (Wildman–Crippen MR) is 82.8 cm³/mol. The van der Waals surface area contributed by atoms with Gasteiger partial charge in [0.25, 0.3) is 0 Å². The summed E-state index contributed by atoms with van der Waals surface area (Å²) in [5.41, 5.74) is 5.13. The van der Waals surface area contributed by atoms with E-state index < -0.39 is 5.60 Å². The third-order valence-corrected chi connectivity index (χ3v) is 3.78. The van der Waals surface area contributed by atoms with Crippen molar-refractivity contribution in [3.8, 4) is 0 Å². The minimum atomic E-state index is -0.745. The van der Waals surface area contributed by atoms with Crippen molar-refractivity contribution < 1.29 is 9.84 Å². The van der Waals surface area contributed by atoms with Gasteiger partial charge in [-0.2, -0.15) is 0 Å². The second kappa shape index (κ2) is 8.47. The summed E-state index contributed by atoms with van der Waals surface area (Å²) in [5.74, 6) is 1.18. The first-order valence-electron chi connectivity index (χ1n) is 7.78. The first-order valence-corrected chi connectivity index (χ1v) is 7.78. The Hall–Kier alpha value is -0.810. The number of aliphatic imine (C=N–C) groups is 1. The molecule has 5 nitrogen and oxygen atoms in total. The molecular weight excluding hydrogens is 254 g/mol. The largest absolute Gasteiger partial charge is 0.388 e. The zero-order chi connectivity index (χ0) is 15.0. The minimum absolute atomic E-state index is 0.321. The second-order valence-electron chi connectivity index (χ2n) is 6.41. The van der Waals surface area contributed by atoms with Crippen LogP contribution in [-0.4, -0.2) is 42.5 Å². The summed E-state index contributed by atoms with van der Waals surface area (Å²) in [7, 11) is 0. The van der Waals surface area contributed by atoms with Crippen molar-refractivity contribution >= 4 is 5.96 Å². The van der Waals surface area contributed by atoms with E-state index in [0.29, 0.717) is 44.6 Å². The molecule has 0 aromatic rings. The molecule has 1 aliphatic rings. The number of rotatable bonds is 7. The Labute approximate surface area is 123 Å². The monoisotopic (exact) mass is 285 g/mol. The molecule has 1 saturated heterocycles. The summed E-state index contributed by atoms with van der Waals surface area (Å²) in [5, 5.41) is 13.5. The molecular formula is C15H31N3O2. The molecule has 0 amide bonds. The Kier molecular flexibility index (Phi) is 7.30. The Balaban J connectivity index is 2.26. The van der Waals surface area contributed by atoms with E-state index in [2.05, 4.69) is 31.1 Å².